The molecular formula is C23H26N2O. The topological polar surface area (TPSA) is 25.4 Å². The van der Waals surface area contributed by atoms with Crippen molar-refractivity contribution in [2.45, 2.75) is 39.7 Å². The van der Waals surface area contributed by atoms with E-state index >= 15 is 0 Å². The molecule has 3 aromatic rings. The van der Waals surface area contributed by atoms with Crippen LogP contribution in [0.15, 0.2) is 48.5 Å². The molecule has 1 saturated heterocycles. The van der Waals surface area contributed by atoms with Gasteiger partial charge in [0.25, 0.3) is 0 Å². The van der Waals surface area contributed by atoms with Gasteiger partial charge in [0.15, 0.2) is 0 Å². The minimum atomic E-state index is 0.572. The van der Waals surface area contributed by atoms with Crippen molar-refractivity contribution in [1.82, 2.24) is 4.98 Å². The number of pyridine rings is 1. The minimum Gasteiger partial charge on any atom is -0.487 e. The number of piperidine rings is 1. The van der Waals surface area contributed by atoms with Gasteiger partial charge in [0, 0.05) is 18.5 Å². The van der Waals surface area contributed by atoms with Crippen molar-refractivity contribution in [2.24, 2.45) is 0 Å². The molecule has 4 rings (SSSR count). The Hall–Kier alpha value is -2.55. The predicted octanol–water partition coefficient (Wildman–Crippen LogP) is 5.42. The second-order valence-corrected chi connectivity index (χ2v) is 7.26. The van der Waals surface area contributed by atoms with Gasteiger partial charge in [0.2, 0.25) is 0 Å². The normalized spacial score (nSPS) is 14.6. The van der Waals surface area contributed by atoms with Gasteiger partial charge in [-0.1, -0.05) is 35.9 Å². The molecule has 0 amide bonds. The quantitative estimate of drug-likeness (QED) is 0.630. The second kappa shape index (κ2) is 7.36. The SMILES string of the molecule is Cc1ccc(C)c(COc2cccc3ccc(N4CCCCC4)nc23)c1. The largest absolute Gasteiger partial charge is 0.487 e. The molecule has 0 aliphatic carbocycles. The van der Waals surface area contributed by atoms with E-state index in [0.29, 0.717) is 6.61 Å². The van der Waals surface area contributed by atoms with Crippen LogP contribution in [0.3, 0.4) is 0 Å². The van der Waals surface area contributed by atoms with Crippen LogP contribution in [-0.2, 0) is 6.61 Å². The lowest BCUT2D eigenvalue weighted by Crippen LogP contribution is -2.30. The summed E-state index contributed by atoms with van der Waals surface area (Å²) in [6.45, 7) is 7.03. The first-order valence-electron chi connectivity index (χ1n) is 9.54. The Labute approximate surface area is 155 Å². The first kappa shape index (κ1) is 16.9. The molecule has 1 aromatic heterocycles. The number of nitrogens with zero attached hydrogens (tertiary/aromatic N) is 2. The van der Waals surface area contributed by atoms with Gasteiger partial charge in [-0.15, -0.1) is 0 Å². The second-order valence-electron chi connectivity index (χ2n) is 7.26. The van der Waals surface area contributed by atoms with E-state index in [0.717, 1.165) is 35.6 Å². The van der Waals surface area contributed by atoms with Crippen molar-refractivity contribution < 1.29 is 4.74 Å². The summed E-state index contributed by atoms with van der Waals surface area (Å²) in [5.74, 6) is 1.93. The van der Waals surface area contributed by atoms with E-state index < -0.39 is 0 Å². The number of fused-ring (bicyclic) bond motifs is 1. The molecule has 0 bridgehead atoms. The lowest BCUT2D eigenvalue weighted by Gasteiger charge is -2.28. The molecule has 1 aliphatic heterocycles. The third kappa shape index (κ3) is 3.52. The maximum atomic E-state index is 6.20. The lowest BCUT2D eigenvalue weighted by molar-refractivity contribution is 0.308. The van der Waals surface area contributed by atoms with Gasteiger partial charge >= 0.3 is 0 Å². The number of ether oxygens (including phenoxy) is 1. The van der Waals surface area contributed by atoms with Gasteiger partial charge in [-0.05, 0) is 62.4 Å². The third-order valence-electron chi connectivity index (χ3n) is 5.24. The maximum Gasteiger partial charge on any atom is 0.146 e. The molecule has 0 atom stereocenters. The average molecular weight is 346 g/mol. The van der Waals surface area contributed by atoms with Gasteiger partial charge in [-0.25, -0.2) is 4.98 Å². The van der Waals surface area contributed by atoms with Crippen molar-refractivity contribution in [3.8, 4) is 5.75 Å². The highest BCUT2D eigenvalue weighted by Crippen LogP contribution is 2.28. The third-order valence-corrected chi connectivity index (χ3v) is 5.24. The van der Waals surface area contributed by atoms with Crippen molar-refractivity contribution in [2.75, 3.05) is 18.0 Å². The number of aryl methyl sites for hydroxylation is 2. The summed E-state index contributed by atoms with van der Waals surface area (Å²) in [7, 11) is 0. The van der Waals surface area contributed by atoms with E-state index in [1.807, 2.05) is 12.1 Å². The first-order chi connectivity index (χ1) is 12.7. The average Bonchev–Trinajstić information content (AvgIpc) is 2.69. The monoisotopic (exact) mass is 346 g/mol. The van der Waals surface area contributed by atoms with Crippen molar-refractivity contribution >= 4 is 16.7 Å². The molecule has 3 nitrogen and oxygen atoms in total. The van der Waals surface area contributed by atoms with Crippen LogP contribution < -0.4 is 9.64 Å². The number of aromatic nitrogens is 1. The minimum absolute atomic E-state index is 0.572. The fraction of sp³-hybridized carbons (Fsp3) is 0.348. The highest BCUT2D eigenvalue weighted by atomic mass is 16.5. The van der Waals surface area contributed by atoms with Crippen molar-refractivity contribution in [3.05, 3.63) is 65.2 Å². The van der Waals surface area contributed by atoms with Crippen LogP contribution in [0.4, 0.5) is 5.82 Å². The zero-order valence-electron chi connectivity index (χ0n) is 15.7. The van der Waals surface area contributed by atoms with Gasteiger partial charge < -0.3 is 9.64 Å². The Balaban J connectivity index is 1.62. The fourth-order valence-corrected chi connectivity index (χ4v) is 3.64. The van der Waals surface area contributed by atoms with Crippen LogP contribution in [0, 0.1) is 13.8 Å². The summed E-state index contributed by atoms with van der Waals surface area (Å²) in [6.07, 6.45) is 3.84. The smallest absolute Gasteiger partial charge is 0.146 e. The molecule has 2 heterocycles. The zero-order valence-corrected chi connectivity index (χ0v) is 15.7. The predicted molar refractivity (Wildman–Crippen MR) is 108 cm³/mol. The Bertz CT molecular complexity index is 913. The number of hydrogen-bond acceptors (Lipinski definition) is 3. The maximum absolute atomic E-state index is 6.20. The van der Waals surface area contributed by atoms with Crippen LogP contribution in [0.1, 0.15) is 36.0 Å². The first-order valence-corrected chi connectivity index (χ1v) is 9.54. The molecule has 0 unspecified atom stereocenters. The Kier molecular flexibility index (Phi) is 4.79. The zero-order chi connectivity index (χ0) is 17.9. The lowest BCUT2D eigenvalue weighted by atomic mass is 10.1. The Morgan fingerprint density at radius 1 is 0.962 bits per heavy atom. The van der Waals surface area contributed by atoms with Crippen LogP contribution in [-0.4, -0.2) is 18.1 Å². The number of para-hydroxylation sites is 1. The van der Waals surface area contributed by atoms with E-state index in [-0.39, 0.29) is 0 Å². The number of benzene rings is 2. The van der Waals surface area contributed by atoms with E-state index in [4.69, 9.17) is 9.72 Å². The summed E-state index contributed by atoms with van der Waals surface area (Å²) in [6, 6.07) is 17.0. The van der Waals surface area contributed by atoms with E-state index in [9.17, 15) is 0 Å². The molecule has 26 heavy (non-hydrogen) atoms. The van der Waals surface area contributed by atoms with E-state index in [1.54, 1.807) is 0 Å². The number of anilines is 1. The van der Waals surface area contributed by atoms with Gasteiger partial charge in [-0.2, -0.15) is 0 Å². The molecule has 3 heteroatoms. The summed E-state index contributed by atoms with van der Waals surface area (Å²) in [5.41, 5.74) is 4.71. The molecule has 0 saturated carbocycles. The molecule has 0 spiro atoms. The van der Waals surface area contributed by atoms with Gasteiger partial charge in [0.1, 0.15) is 23.7 Å². The summed E-state index contributed by atoms with van der Waals surface area (Å²) in [4.78, 5) is 7.35. The van der Waals surface area contributed by atoms with E-state index in [1.165, 1.54) is 36.0 Å². The number of hydrogen-bond donors (Lipinski definition) is 0. The van der Waals surface area contributed by atoms with Crippen LogP contribution in [0.2, 0.25) is 0 Å². The molecular weight excluding hydrogens is 320 g/mol. The highest BCUT2D eigenvalue weighted by Gasteiger charge is 2.14. The van der Waals surface area contributed by atoms with Crippen LogP contribution >= 0.6 is 0 Å². The molecule has 134 valence electrons. The fourth-order valence-electron chi connectivity index (χ4n) is 3.64. The van der Waals surface area contributed by atoms with Crippen LogP contribution in [0.5, 0.6) is 5.75 Å². The molecule has 2 aromatic carbocycles. The van der Waals surface area contributed by atoms with Gasteiger partial charge in [-0.3, -0.25) is 0 Å². The molecule has 1 fully saturated rings. The molecule has 0 radical (unpaired) electrons. The van der Waals surface area contributed by atoms with Crippen molar-refractivity contribution in [1.29, 1.82) is 0 Å². The summed E-state index contributed by atoms with van der Waals surface area (Å²) in [5, 5.41) is 1.13. The van der Waals surface area contributed by atoms with Crippen LogP contribution in [0.25, 0.3) is 10.9 Å². The van der Waals surface area contributed by atoms with Gasteiger partial charge in [0.05, 0.1) is 0 Å². The number of rotatable bonds is 4. The standard InChI is InChI=1S/C23H26N2O/c1-17-9-10-18(2)20(15-17)16-26-21-8-6-7-19-11-12-22(24-23(19)21)25-13-4-3-5-14-25/h6-12,15H,3-5,13-14,16H2,1-2H3. The Morgan fingerprint density at radius 3 is 2.65 bits per heavy atom. The highest BCUT2D eigenvalue weighted by molar-refractivity contribution is 5.86. The van der Waals surface area contributed by atoms with E-state index in [2.05, 4.69) is 55.1 Å². The Morgan fingerprint density at radius 2 is 1.81 bits per heavy atom. The summed E-state index contributed by atoms with van der Waals surface area (Å²) < 4.78 is 6.20. The molecule has 0 N–H and O–H groups in total. The summed E-state index contributed by atoms with van der Waals surface area (Å²) >= 11 is 0. The molecule has 1 aliphatic rings. The van der Waals surface area contributed by atoms with Crippen molar-refractivity contribution in [3.63, 3.8) is 0 Å².